The number of amides is 1. The Labute approximate surface area is 129 Å². The van der Waals surface area contributed by atoms with Crippen LogP contribution in [0.5, 0.6) is 0 Å². The summed E-state index contributed by atoms with van der Waals surface area (Å²) in [7, 11) is -3.74. The molecule has 1 amide bonds. The van der Waals surface area contributed by atoms with Gasteiger partial charge in [-0.15, -0.1) is 0 Å². The summed E-state index contributed by atoms with van der Waals surface area (Å²) in [6.07, 6.45) is 5.38. The van der Waals surface area contributed by atoms with Crippen molar-refractivity contribution < 1.29 is 13.2 Å². The van der Waals surface area contributed by atoms with E-state index in [4.69, 9.17) is 11.6 Å². The van der Waals surface area contributed by atoms with Gasteiger partial charge in [-0.25, -0.2) is 4.72 Å². The molecule has 1 heterocycles. The number of nitrogens with one attached hydrogen (secondary N) is 1. The first-order valence-electron chi connectivity index (χ1n) is 6.73. The lowest BCUT2D eigenvalue weighted by atomic mass is 10.2. The molecule has 0 saturated carbocycles. The third-order valence-corrected chi connectivity index (χ3v) is 4.90. The average molecular weight is 329 g/mol. The topological polar surface area (TPSA) is 66.5 Å². The smallest absolute Gasteiger partial charge is 0.269 e. The highest BCUT2D eigenvalue weighted by atomic mass is 35.5. The number of hydrogen-bond donors (Lipinski definition) is 1. The van der Waals surface area contributed by atoms with Gasteiger partial charge in [-0.2, -0.15) is 12.7 Å². The molecule has 0 aromatic heterocycles. The number of rotatable bonds is 4. The quantitative estimate of drug-likeness (QED) is 0.862. The first-order valence-corrected chi connectivity index (χ1v) is 8.55. The predicted octanol–water partition coefficient (Wildman–Crippen LogP) is 2.20. The van der Waals surface area contributed by atoms with Crippen LogP contribution in [-0.2, 0) is 15.0 Å². The third-order valence-electron chi connectivity index (χ3n) is 3.16. The first kappa shape index (κ1) is 16.0. The zero-order chi connectivity index (χ0) is 15.3. The first-order chi connectivity index (χ1) is 9.97. The standard InChI is InChI=1S/C14H17ClN2O3S/c15-13-6-4-5-12(11-13)7-8-14(18)16-21(19,20)17-9-2-1-3-10-17/h4-8,11H,1-3,9-10H2,(H,16,18)/b8-7+. The number of halogens is 1. The number of hydrogen-bond acceptors (Lipinski definition) is 3. The lowest BCUT2D eigenvalue weighted by Crippen LogP contribution is -2.45. The molecule has 1 fully saturated rings. The van der Waals surface area contributed by atoms with Crippen molar-refractivity contribution >= 4 is 33.8 Å². The van der Waals surface area contributed by atoms with Crippen LogP contribution in [0.2, 0.25) is 5.02 Å². The normalized spacial score (nSPS) is 17.0. The van der Waals surface area contributed by atoms with Gasteiger partial charge >= 0.3 is 10.2 Å². The van der Waals surface area contributed by atoms with Gasteiger partial charge in [0.2, 0.25) is 0 Å². The second-order valence-electron chi connectivity index (χ2n) is 4.82. The minimum absolute atomic E-state index is 0.459. The maximum absolute atomic E-state index is 12.0. The minimum atomic E-state index is -3.74. The van der Waals surface area contributed by atoms with Crippen LogP contribution in [0.15, 0.2) is 30.3 Å². The predicted molar refractivity (Wildman–Crippen MR) is 83.0 cm³/mol. The Bertz CT molecular complexity index is 637. The van der Waals surface area contributed by atoms with E-state index in [-0.39, 0.29) is 0 Å². The minimum Gasteiger partial charge on any atom is -0.269 e. The Balaban J connectivity index is 1.97. The summed E-state index contributed by atoms with van der Waals surface area (Å²) in [6, 6.07) is 6.93. The molecule has 2 rings (SSSR count). The molecule has 21 heavy (non-hydrogen) atoms. The van der Waals surface area contributed by atoms with Crippen molar-refractivity contribution in [2.45, 2.75) is 19.3 Å². The van der Waals surface area contributed by atoms with Gasteiger partial charge in [0.15, 0.2) is 0 Å². The van der Waals surface area contributed by atoms with Crippen LogP contribution in [0.1, 0.15) is 24.8 Å². The fourth-order valence-corrected chi connectivity index (χ4v) is 3.50. The third kappa shape index (κ3) is 4.84. The van der Waals surface area contributed by atoms with Gasteiger partial charge in [0.25, 0.3) is 5.91 Å². The molecule has 0 radical (unpaired) electrons. The Morgan fingerprint density at radius 2 is 1.95 bits per heavy atom. The maximum Gasteiger partial charge on any atom is 0.304 e. The van der Waals surface area contributed by atoms with Crippen LogP contribution in [0.25, 0.3) is 6.08 Å². The van der Waals surface area contributed by atoms with E-state index in [1.54, 1.807) is 24.3 Å². The van der Waals surface area contributed by atoms with E-state index in [9.17, 15) is 13.2 Å². The summed E-state index contributed by atoms with van der Waals surface area (Å²) < 4.78 is 27.4. The molecule has 1 aliphatic rings. The summed E-state index contributed by atoms with van der Waals surface area (Å²) >= 11 is 5.83. The molecule has 1 aromatic rings. The van der Waals surface area contributed by atoms with Gasteiger partial charge < -0.3 is 0 Å². The maximum atomic E-state index is 12.0. The highest BCUT2D eigenvalue weighted by molar-refractivity contribution is 7.87. The zero-order valence-corrected chi connectivity index (χ0v) is 13.0. The summed E-state index contributed by atoms with van der Waals surface area (Å²) in [4.78, 5) is 11.7. The Morgan fingerprint density at radius 3 is 2.62 bits per heavy atom. The van der Waals surface area contributed by atoms with Crippen molar-refractivity contribution in [3.8, 4) is 0 Å². The van der Waals surface area contributed by atoms with Gasteiger partial charge in [-0.3, -0.25) is 4.79 Å². The highest BCUT2D eigenvalue weighted by Gasteiger charge is 2.24. The molecule has 7 heteroatoms. The van der Waals surface area contributed by atoms with Crippen LogP contribution in [0.3, 0.4) is 0 Å². The van der Waals surface area contributed by atoms with E-state index in [1.807, 2.05) is 0 Å². The van der Waals surface area contributed by atoms with Crippen LogP contribution in [0.4, 0.5) is 0 Å². The molecule has 0 spiro atoms. The summed E-state index contributed by atoms with van der Waals surface area (Å²) in [6.45, 7) is 0.918. The number of nitrogens with zero attached hydrogens (tertiary/aromatic N) is 1. The average Bonchev–Trinajstić information content (AvgIpc) is 2.46. The molecule has 5 nitrogen and oxygen atoms in total. The van der Waals surface area contributed by atoms with Crippen molar-refractivity contribution in [2.24, 2.45) is 0 Å². The van der Waals surface area contributed by atoms with Crippen molar-refractivity contribution in [2.75, 3.05) is 13.1 Å². The fraction of sp³-hybridized carbons (Fsp3) is 0.357. The van der Waals surface area contributed by atoms with Crippen molar-refractivity contribution in [3.05, 3.63) is 40.9 Å². The van der Waals surface area contributed by atoms with Crippen LogP contribution in [0, 0.1) is 0 Å². The molecule has 0 atom stereocenters. The monoisotopic (exact) mass is 328 g/mol. The fourth-order valence-electron chi connectivity index (χ4n) is 2.11. The summed E-state index contributed by atoms with van der Waals surface area (Å²) in [5, 5.41) is 0.554. The molecule has 0 aliphatic carbocycles. The van der Waals surface area contributed by atoms with E-state index >= 15 is 0 Å². The van der Waals surface area contributed by atoms with Crippen molar-refractivity contribution in [1.29, 1.82) is 0 Å². The summed E-state index contributed by atoms with van der Waals surface area (Å²) in [5.41, 5.74) is 0.730. The van der Waals surface area contributed by atoms with Gasteiger partial charge in [-0.05, 0) is 36.6 Å². The van der Waals surface area contributed by atoms with Gasteiger partial charge in [0.1, 0.15) is 0 Å². The molecular formula is C14H17ClN2O3S. The number of carbonyl (C=O) groups excluding carboxylic acids is 1. The number of carbonyl (C=O) groups is 1. The Hall–Kier alpha value is -1.37. The Kier molecular flexibility index (Phi) is 5.39. The second-order valence-corrected chi connectivity index (χ2v) is 6.93. The zero-order valence-electron chi connectivity index (χ0n) is 11.5. The van der Waals surface area contributed by atoms with Crippen molar-refractivity contribution in [3.63, 3.8) is 0 Å². The van der Waals surface area contributed by atoms with Crippen LogP contribution in [-0.4, -0.2) is 31.7 Å². The molecular weight excluding hydrogens is 312 g/mol. The van der Waals surface area contributed by atoms with Gasteiger partial charge in [0, 0.05) is 24.2 Å². The molecule has 114 valence electrons. The van der Waals surface area contributed by atoms with E-state index < -0.39 is 16.1 Å². The van der Waals surface area contributed by atoms with E-state index in [2.05, 4.69) is 4.72 Å². The summed E-state index contributed by atoms with van der Waals surface area (Å²) in [5.74, 6) is -0.666. The molecule has 1 aromatic carbocycles. The SMILES string of the molecule is O=C(/C=C/c1cccc(Cl)c1)NS(=O)(=O)N1CCCCC1. The number of piperidine rings is 1. The highest BCUT2D eigenvalue weighted by Crippen LogP contribution is 2.13. The van der Waals surface area contributed by atoms with Crippen LogP contribution >= 0.6 is 11.6 Å². The molecule has 0 bridgehead atoms. The molecule has 0 unspecified atom stereocenters. The lowest BCUT2D eigenvalue weighted by molar-refractivity contribution is -0.114. The number of benzene rings is 1. The van der Waals surface area contributed by atoms with Gasteiger partial charge in [-0.1, -0.05) is 30.2 Å². The van der Waals surface area contributed by atoms with Crippen LogP contribution < -0.4 is 4.72 Å². The second kappa shape index (κ2) is 7.06. The molecule has 1 N–H and O–H groups in total. The largest absolute Gasteiger partial charge is 0.304 e. The van der Waals surface area contributed by atoms with Crippen molar-refractivity contribution in [1.82, 2.24) is 9.03 Å². The Morgan fingerprint density at radius 1 is 1.24 bits per heavy atom. The van der Waals surface area contributed by atoms with E-state index in [1.165, 1.54) is 16.5 Å². The lowest BCUT2D eigenvalue weighted by Gasteiger charge is -2.25. The molecule has 1 aliphatic heterocycles. The van der Waals surface area contributed by atoms with E-state index in [0.717, 1.165) is 24.8 Å². The van der Waals surface area contributed by atoms with E-state index in [0.29, 0.717) is 18.1 Å². The molecule has 1 saturated heterocycles. The van der Waals surface area contributed by atoms with Gasteiger partial charge in [0.05, 0.1) is 0 Å².